The molecule has 1 aromatic rings. The Bertz CT molecular complexity index is 507. The zero-order chi connectivity index (χ0) is 16.5. The van der Waals surface area contributed by atoms with E-state index in [4.69, 9.17) is 5.11 Å². The molecule has 0 atom stereocenters. The molecule has 0 aliphatic carbocycles. The minimum atomic E-state index is -0.170. The number of carbonyl (C=O) groups excluding carboxylic acids is 2. The van der Waals surface area contributed by atoms with Crippen molar-refractivity contribution in [2.45, 2.75) is 40.0 Å². The molecule has 5 heteroatoms. The van der Waals surface area contributed by atoms with Crippen LogP contribution in [-0.2, 0) is 0 Å². The molecule has 0 aromatic heterocycles. The Morgan fingerprint density at radius 2 is 1.91 bits per heavy atom. The Balaban J connectivity index is 2.75. The van der Waals surface area contributed by atoms with Gasteiger partial charge in [-0.05, 0) is 50.5 Å². The molecule has 122 valence electrons. The average Bonchev–Trinajstić information content (AvgIpc) is 2.47. The first-order valence-electron chi connectivity index (χ1n) is 7.78. The summed E-state index contributed by atoms with van der Waals surface area (Å²) in [5, 5.41) is 11.8. The summed E-state index contributed by atoms with van der Waals surface area (Å²) in [6.45, 7) is 6.74. The van der Waals surface area contributed by atoms with E-state index in [9.17, 15) is 9.59 Å². The van der Waals surface area contributed by atoms with Gasteiger partial charge in [0.25, 0.3) is 0 Å². The fourth-order valence-electron chi connectivity index (χ4n) is 2.26. The molecule has 0 radical (unpaired) electrons. The maximum atomic E-state index is 12.3. The Hall–Kier alpha value is -1.88. The number of hydrogen-bond acceptors (Lipinski definition) is 3. The Morgan fingerprint density at radius 3 is 2.45 bits per heavy atom. The highest BCUT2D eigenvalue weighted by molar-refractivity contribution is 5.96. The number of amides is 2. The van der Waals surface area contributed by atoms with Crippen LogP contribution in [0.2, 0.25) is 0 Å². The summed E-state index contributed by atoms with van der Waals surface area (Å²) in [4.78, 5) is 25.5. The van der Waals surface area contributed by atoms with Crippen molar-refractivity contribution in [3.05, 3.63) is 29.3 Å². The van der Waals surface area contributed by atoms with Gasteiger partial charge in [-0.2, -0.15) is 0 Å². The van der Waals surface area contributed by atoms with Gasteiger partial charge in [-0.1, -0.05) is 13.3 Å². The first-order chi connectivity index (χ1) is 10.5. The quantitative estimate of drug-likeness (QED) is 0.725. The number of nitrogens with one attached hydrogen (secondary N) is 1. The van der Waals surface area contributed by atoms with Crippen molar-refractivity contribution in [3.63, 3.8) is 0 Å². The third-order valence-electron chi connectivity index (χ3n) is 3.51. The molecule has 2 amide bonds. The molecule has 5 nitrogen and oxygen atoms in total. The van der Waals surface area contributed by atoms with Gasteiger partial charge in [0.1, 0.15) is 0 Å². The molecule has 0 bridgehead atoms. The number of Topliss-reactive ketones (excluding diaryl/α,β-unsaturated/α-hetero) is 1. The number of aliphatic hydroxyl groups excluding tert-OH is 1. The lowest BCUT2D eigenvalue weighted by Gasteiger charge is -2.23. The number of aryl methyl sites for hydroxylation is 1. The van der Waals surface area contributed by atoms with Gasteiger partial charge in [-0.15, -0.1) is 0 Å². The molecule has 0 fully saturated rings. The van der Waals surface area contributed by atoms with Crippen molar-refractivity contribution in [2.75, 3.05) is 25.0 Å². The second kappa shape index (κ2) is 9.20. The van der Waals surface area contributed by atoms with Crippen molar-refractivity contribution in [2.24, 2.45) is 0 Å². The monoisotopic (exact) mass is 306 g/mol. The molecule has 0 saturated heterocycles. The Morgan fingerprint density at radius 1 is 1.23 bits per heavy atom. The van der Waals surface area contributed by atoms with E-state index in [2.05, 4.69) is 12.2 Å². The largest absolute Gasteiger partial charge is 0.396 e. The van der Waals surface area contributed by atoms with Gasteiger partial charge in [0.2, 0.25) is 0 Å². The maximum Gasteiger partial charge on any atom is 0.321 e. The zero-order valence-corrected chi connectivity index (χ0v) is 13.7. The number of rotatable bonds is 8. The van der Waals surface area contributed by atoms with Gasteiger partial charge in [0.15, 0.2) is 5.78 Å². The van der Waals surface area contributed by atoms with Crippen LogP contribution in [0.25, 0.3) is 0 Å². The fraction of sp³-hybridized carbons (Fsp3) is 0.529. The second-order valence-electron chi connectivity index (χ2n) is 5.43. The highest BCUT2D eigenvalue weighted by Gasteiger charge is 2.13. The van der Waals surface area contributed by atoms with E-state index in [1.807, 2.05) is 6.92 Å². The van der Waals surface area contributed by atoms with E-state index in [-0.39, 0.29) is 18.4 Å². The van der Waals surface area contributed by atoms with Crippen LogP contribution < -0.4 is 5.32 Å². The summed E-state index contributed by atoms with van der Waals surface area (Å²) in [6, 6.07) is 5.11. The number of anilines is 1. The van der Waals surface area contributed by atoms with E-state index < -0.39 is 0 Å². The van der Waals surface area contributed by atoms with Crippen LogP contribution in [0.1, 0.15) is 49.0 Å². The van der Waals surface area contributed by atoms with Crippen LogP contribution in [0.5, 0.6) is 0 Å². The number of carbonyl (C=O) groups is 2. The normalized spacial score (nSPS) is 10.4. The van der Waals surface area contributed by atoms with Crippen LogP contribution in [-0.4, -0.2) is 41.5 Å². The van der Waals surface area contributed by atoms with Crippen LogP contribution in [0.3, 0.4) is 0 Å². The van der Waals surface area contributed by atoms with E-state index in [0.717, 1.165) is 18.4 Å². The summed E-state index contributed by atoms with van der Waals surface area (Å²) in [6.07, 6.45) is 2.51. The SMILES string of the molecule is CCCCN(CCCO)C(=O)Nc1ccc(C(C)=O)c(C)c1. The van der Waals surface area contributed by atoms with Crippen LogP contribution in [0, 0.1) is 6.92 Å². The van der Waals surface area contributed by atoms with E-state index in [0.29, 0.717) is 30.8 Å². The number of hydrogen-bond donors (Lipinski definition) is 2. The predicted octanol–water partition coefficient (Wildman–Crippen LogP) is 3.21. The van der Waals surface area contributed by atoms with Gasteiger partial charge in [-0.3, -0.25) is 4.79 Å². The van der Waals surface area contributed by atoms with Gasteiger partial charge >= 0.3 is 6.03 Å². The molecule has 2 N–H and O–H groups in total. The smallest absolute Gasteiger partial charge is 0.321 e. The summed E-state index contributed by atoms with van der Waals surface area (Å²) in [5.41, 5.74) is 2.19. The van der Waals surface area contributed by atoms with Crippen LogP contribution >= 0.6 is 0 Å². The third-order valence-corrected chi connectivity index (χ3v) is 3.51. The first-order valence-corrected chi connectivity index (χ1v) is 7.78. The predicted molar refractivity (Wildman–Crippen MR) is 88.4 cm³/mol. The number of unbranched alkanes of at least 4 members (excludes halogenated alkanes) is 1. The van der Waals surface area contributed by atoms with Crippen molar-refractivity contribution >= 4 is 17.5 Å². The highest BCUT2D eigenvalue weighted by atomic mass is 16.3. The van der Waals surface area contributed by atoms with Crippen molar-refractivity contribution in [1.82, 2.24) is 4.90 Å². The number of urea groups is 1. The Labute approximate surface area is 132 Å². The second-order valence-corrected chi connectivity index (χ2v) is 5.43. The molecule has 0 saturated carbocycles. The average molecular weight is 306 g/mol. The number of nitrogens with zero attached hydrogens (tertiary/aromatic N) is 1. The highest BCUT2D eigenvalue weighted by Crippen LogP contribution is 2.16. The molecule has 0 heterocycles. The van der Waals surface area contributed by atoms with Crippen molar-refractivity contribution < 1.29 is 14.7 Å². The first kappa shape index (κ1) is 18.2. The summed E-state index contributed by atoms with van der Waals surface area (Å²) in [5.74, 6) is 0.0166. The molecular formula is C17H26N2O3. The van der Waals surface area contributed by atoms with Crippen LogP contribution in [0.4, 0.5) is 10.5 Å². The van der Waals surface area contributed by atoms with Gasteiger partial charge in [0.05, 0.1) is 0 Å². The molecule has 0 unspecified atom stereocenters. The van der Waals surface area contributed by atoms with E-state index in [1.165, 1.54) is 6.92 Å². The lowest BCUT2D eigenvalue weighted by molar-refractivity contribution is 0.101. The number of benzene rings is 1. The summed E-state index contributed by atoms with van der Waals surface area (Å²) in [7, 11) is 0. The summed E-state index contributed by atoms with van der Waals surface area (Å²) >= 11 is 0. The molecule has 0 aliphatic rings. The van der Waals surface area contributed by atoms with E-state index >= 15 is 0 Å². The Kier molecular flexibility index (Phi) is 7.60. The van der Waals surface area contributed by atoms with Gasteiger partial charge < -0.3 is 15.3 Å². The van der Waals surface area contributed by atoms with Crippen LogP contribution in [0.15, 0.2) is 18.2 Å². The molecule has 0 aliphatic heterocycles. The lowest BCUT2D eigenvalue weighted by atomic mass is 10.1. The third kappa shape index (κ3) is 5.48. The standard InChI is InChI=1S/C17H26N2O3/c1-4-5-9-19(10-6-11-20)17(22)18-15-7-8-16(14(3)21)13(2)12-15/h7-8,12,20H,4-6,9-11H2,1-3H3,(H,18,22). The topological polar surface area (TPSA) is 69.6 Å². The van der Waals surface area contributed by atoms with E-state index in [1.54, 1.807) is 23.1 Å². The number of aliphatic hydroxyl groups is 1. The lowest BCUT2D eigenvalue weighted by Crippen LogP contribution is -2.36. The number of ketones is 1. The molecule has 0 spiro atoms. The summed E-state index contributed by atoms with van der Waals surface area (Å²) < 4.78 is 0. The molecule has 22 heavy (non-hydrogen) atoms. The van der Waals surface area contributed by atoms with Gasteiger partial charge in [-0.25, -0.2) is 4.79 Å². The maximum absolute atomic E-state index is 12.3. The molecule has 1 rings (SSSR count). The fourth-order valence-corrected chi connectivity index (χ4v) is 2.26. The van der Waals surface area contributed by atoms with Crippen molar-refractivity contribution in [3.8, 4) is 0 Å². The molecule has 1 aromatic carbocycles. The van der Waals surface area contributed by atoms with Crippen molar-refractivity contribution in [1.29, 1.82) is 0 Å². The zero-order valence-electron chi connectivity index (χ0n) is 13.7. The van der Waals surface area contributed by atoms with Gasteiger partial charge in [0, 0.05) is 30.9 Å². The molecular weight excluding hydrogens is 280 g/mol. The minimum Gasteiger partial charge on any atom is -0.396 e. The minimum absolute atomic E-state index is 0.0166.